The molecule has 2 rings (SSSR count). The van der Waals surface area contributed by atoms with Gasteiger partial charge in [0.1, 0.15) is 6.04 Å². The summed E-state index contributed by atoms with van der Waals surface area (Å²) in [5.41, 5.74) is 0. The number of carboxylic acid groups (broad SMARTS) is 1. The van der Waals surface area contributed by atoms with Crippen molar-refractivity contribution in [2.45, 2.75) is 18.9 Å². The zero-order valence-corrected chi connectivity index (χ0v) is 22.3. The van der Waals surface area contributed by atoms with Crippen molar-refractivity contribution in [3.63, 3.8) is 0 Å². The van der Waals surface area contributed by atoms with Crippen LogP contribution in [0.1, 0.15) is 12.8 Å². The number of amides is 1. The van der Waals surface area contributed by atoms with Crippen molar-refractivity contribution in [1.82, 2.24) is 24.7 Å². The van der Waals surface area contributed by atoms with E-state index in [9.17, 15) is 29.1 Å². The zero-order chi connectivity index (χ0) is 28.1. The molecule has 0 spiro atoms. The number of carbonyl (C=O) groups excluding carboxylic acids is 4. The van der Waals surface area contributed by atoms with E-state index in [0.717, 1.165) is 0 Å². The number of nitrogens with zero attached hydrogens (tertiary/aromatic N) is 5. The fourth-order valence-corrected chi connectivity index (χ4v) is 4.23. The number of rotatable bonds is 8. The van der Waals surface area contributed by atoms with Gasteiger partial charge in [0.25, 0.3) is 0 Å². The zero-order valence-electron chi connectivity index (χ0n) is 22.3. The minimum absolute atomic E-state index is 0.00791. The lowest BCUT2D eigenvalue weighted by Gasteiger charge is -2.33. The third-order valence-corrected chi connectivity index (χ3v) is 6.52. The molecule has 2 aliphatic heterocycles. The van der Waals surface area contributed by atoms with Crippen molar-refractivity contribution in [3.05, 3.63) is 0 Å². The summed E-state index contributed by atoms with van der Waals surface area (Å²) < 4.78 is 14.4. The van der Waals surface area contributed by atoms with Crippen LogP contribution < -0.4 is 0 Å². The van der Waals surface area contributed by atoms with Gasteiger partial charge >= 0.3 is 30.0 Å². The van der Waals surface area contributed by atoms with Crippen LogP contribution in [0.25, 0.3) is 0 Å². The van der Waals surface area contributed by atoms with Gasteiger partial charge in [-0.05, 0) is 12.8 Å². The summed E-state index contributed by atoms with van der Waals surface area (Å²) in [7, 11) is 3.89. The van der Waals surface area contributed by atoms with E-state index in [-0.39, 0.29) is 39.3 Å². The fraction of sp³-hybridized carbons (Fsp3) is 0.783. The number of hydrogen-bond acceptors (Lipinski definition) is 13. The molecule has 0 bridgehead atoms. The Morgan fingerprint density at radius 1 is 0.658 bits per heavy atom. The van der Waals surface area contributed by atoms with Gasteiger partial charge in [-0.2, -0.15) is 0 Å². The maximum atomic E-state index is 12.9. The lowest BCUT2D eigenvalue weighted by molar-refractivity contribution is -0.148. The van der Waals surface area contributed by atoms with E-state index in [1.54, 1.807) is 0 Å². The Bertz CT molecular complexity index is 794. The SMILES string of the molecule is COC(=O)CN1CCN(CC(=O)OC)CCN(OC(=O)N2CCCC2C(=O)O)CCN(CC(=O)OC)CC1. The topological polar surface area (TPSA) is 159 Å². The highest BCUT2D eigenvalue weighted by Gasteiger charge is 2.36. The van der Waals surface area contributed by atoms with Gasteiger partial charge in [-0.25, -0.2) is 9.59 Å². The van der Waals surface area contributed by atoms with Crippen LogP contribution >= 0.6 is 0 Å². The van der Waals surface area contributed by atoms with Crippen molar-refractivity contribution in [3.8, 4) is 0 Å². The number of methoxy groups -OCH3 is 3. The van der Waals surface area contributed by atoms with Gasteiger partial charge in [0, 0.05) is 58.9 Å². The van der Waals surface area contributed by atoms with Crippen LogP contribution in [0.15, 0.2) is 0 Å². The molecule has 0 radical (unpaired) electrons. The van der Waals surface area contributed by atoms with E-state index in [4.69, 9.17) is 19.0 Å². The second-order valence-electron chi connectivity index (χ2n) is 9.03. The molecule has 2 aliphatic rings. The quantitative estimate of drug-likeness (QED) is 0.272. The molecule has 15 heteroatoms. The predicted octanol–water partition coefficient (Wildman–Crippen LogP) is -1.67. The molecule has 15 nitrogen and oxygen atoms in total. The van der Waals surface area contributed by atoms with Crippen LogP contribution in [0.4, 0.5) is 4.79 Å². The van der Waals surface area contributed by atoms with Crippen molar-refractivity contribution in [2.75, 3.05) is 99.9 Å². The molecule has 2 saturated heterocycles. The summed E-state index contributed by atoms with van der Waals surface area (Å²) in [6.45, 7) is 2.99. The molecule has 216 valence electrons. The van der Waals surface area contributed by atoms with Crippen LogP contribution in [-0.2, 0) is 38.2 Å². The summed E-state index contributed by atoms with van der Waals surface area (Å²) in [5.74, 6) is -2.37. The molecule has 0 aromatic carbocycles. The third kappa shape index (κ3) is 10.4. The fourth-order valence-electron chi connectivity index (χ4n) is 4.23. The number of likely N-dealkylation sites (tertiary alicyclic amines) is 1. The number of carboxylic acids is 1. The molecular formula is C23H39N5O10. The lowest BCUT2D eigenvalue weighted by Crippen LogP contribution is -2.50. The Morgan fingerprint density at radius 3 is 1.42 bits per heavy atom. The van der Waals surface area contributed by atoms with Crippen molar-refractivity contribution < 1.29 is 48.1 Å². The van der Waals surface area contributed by atoms with Gasteiger partial charge in [-0.15, -0.1) is 5.06 Å². The Morgan fingerprint density at radius 2 is 1.05 bits per heavy atom. The Hall–Kier alpha value is -3.01. The molecular weight excluding hydrogens is 506 g/mol. The number of hydrogen-bond donors (Lipinski definition) is 1. The highest BCUT2D eigenvalue weighted by Crippen LogP contribution is 2.19. The van der Waals surface area contributed by atoms with Gasteiger partial charge in [0.05, 0.1) is 41.0 Å². The second kappa shape index (κ2) is 16.1. The lowest BCUT2D eigenvalue weighted by atomic mass is 10.2. The molecule has 0 aromatic rings. The van der Waals surface area contributed by atoms with Crippen LogP contribution in [-0.4, -0.2) is 166 Å². The molecule has 38 heavy (non-hydrogen) atoms. The molecule has 0 aromatic heterocycles. The molecule has 1 amide bonds. The Labute approximate surface area is 222 Å². The van der Waals surface area contributed by atoms with Gasteiger partial charge < -0.3 is 24.2 Å². The first-order chi connectivity index (χ1) is 18.2. The first kappa shape index (κ1) is 31.2. The van der Waals surface area contributed by atoms with Crippen LogP contribution in [0.5, 0.6) is 0 Å². The highest BCUT2D eigenvalue weighted by atomic mass is 16.7. The molecule has 1 N–H and O–H groups in total. The van der Waals surface area contributed by atoms with Crippen molar-refractivity contribution >= 4 is 30.0 Å². The first-order valence-corrected chi connectivity index (χ1v) is 12.5. The monoisotopic (exact) mass is 545 g/mol. The molecule has 0 saturated carbocycles. The number of ether oxygens (including phenoxy) is 3. The molecule has 2 heterocycles. The molecule has 0 aliphatic carbocycles. The predicted molar refractivity (Wildman–Crippen MR) is 131 cm³/mol. The van der Waals surface area contributed by atoms with E-state index >= 15 is 0 Å². The minimum atomic E-state index is -1.09. The maximum Gasteiger partial charge on any atom is 0.429 e. The number of esters is 3. The summed E-state index contributed by atoms with van der Waals surface area (Å²) in [6, 6.07) is -0.942. The number of aliphatic carboxylic acids is 1. The summed E-state index contributed by atoms with van der Waals surface area (Å²) in [4.78, 5) is 72.7. The first-order valence-electron chi connectivity index (χ1n) is 12.5. The summed E-state index contributed by atoms with van der Waals surface area (Å²) >= 11 is 0. The maximum absolute atomic E-state index is 12.9. The normalized spacial score (nSPS) is 21.1. The van der Waals surface area contributed by atoms with Gasteiger partial charge in [-0.1, -0.05) is 0 Å². The Kier molecular flexibility index (Phi) is 13.2. The van der Waals surface area contributed by atoms with Crippen molar-refractivity contribution in [2.24, 2.45) is 0 Å². The van der Waals surface area contributed by atoms with Crippen molar-refractivity contribution in [1.29, 1.82) is 0 Å². The second-order valence-corrected chi connectivity index (χ2v) is 9.03. The van der Waals surface area contributed by atoms with E-state index in [1.165, 1.54) is 31.3 Å². The van der Waals surface area contributed by atoms with Crippen LogP contribution in [0, 0.1) is 0 Å². The van der Waals surface area contributed by atoms with E-state index in [2.05, 4.69) is 0 Å². The highest BCUT2D eigenvalue weighted by molar-refractivity contribution is 5.80. The minimum Gasteiger partial charge on any atom is -0.480 e. The van der Waals surface area contributed by atoms with E-state index in [1.807, 2.05) is 14.7 Å². The average molecular weight is 546 g/mol. The van der Waals surface area contributed by atoms with Crippen LogP contribution in [0.3, 0.4) is 0 Å². The number of carbonyl (C=O) groups is 5. The average Bonchev–Trinajstić information content (AvgIpc) is 3.40. The Balaban J connectivity index is 2.19. The molecule has 1 atom stereocenters. The largest absolute Gasteiger partial charge is 0.480 e. The van der Waals surface area contributed by atoms with Crippen LogP contribution in [0.2, 0.25) is 0 Å². The molecule has 2 fully saturated rings. The third-order valence-electron chi connectivity index (χ3n) is 6.52. The van der Waals surface area contributed by atoms with Gasteiger partial charge in [0.2, 0.25) is 0 Å². The smallest absolute Gasteiger partial charge is 0.429 e. The molecule has 1 unspecified atom stereocenters. The number of hydroxylamine groups is 2. The summed E-state index contributed by atoms with van der Waals surface area (Å²) in [5, 5.41) is 10.8. The summed E-state index contributed by atoms with van der Waals surface area (Å²) in [6.07, 6.45) is 0.158. The van der Waals surface area contributed by atoms with Gasteiger partial charge in [-0.3, -0.25) is 34.0 Å². The van der Waals surface area contributed by atoms with Gasteiger partial charge in [0.15, 0.2) is 0 Å². The van der Waals surface area contributed by atoms with E-state index in [0.29, 0.717) is 52.1 Å². The standard InChI is InChI=1S/C23H39N5O10/c1-35-19(29)15-24-7-9-25(16-20(30)36-2)11-13-27(14-12-26(10-8-24)17-21(31)37-3)38-23(34)28-6-4-5-18(28)22(32)33/h18H,4-17H2,1-3H3,(H,32,33). The van der Waals surface area contributed by atoms with E-state index < -0.39 is 36.0 Å².